The number of H-pyrrole nitrogens is 1. The van der Waals surface area contributed by atoms with Crippen molar-refractivity contribution in [1.29, 1.82) is 0 Å². The Kier molecular flexibility index (Phi) is 6.66. The van der Waals surface area contributed by atoms with Crippen molar-refractivity contribution in [1.82, 2.24) is 14.2 Å². The van der Waals surface area contributed by atoms with Crippen LogP contribution in [0.3, 0.4) is 0 Å². The number of aromatic nitrogens is 1. The molecule has 2 aliphatic heterocycles. The fourth-order valence-electron chi connectivity index (χ4n) is 4.52. The Balaban J connectivity index is 1.71. The highest BCUT2D eigenvalue weighted by Gasteiger charge is 2.33. The predicted octanol–water partition coefficient (Wildman–Crippen LogP) is 1.78. The van der Waals surface area contributed by atoms with E-state index < -0.39 is 15.6 Å². The first-order valence-electron chi connectivity index (χ1n) is 11.0. The van der Waals surface area contributed by atoms with Crippen LogP contribution in [0.4, 0.5) is 0 Å². The van der Waals surface area contributed by atoms with E-state index in [1.165, 1.54) is 22.5 Å². The molecule has 1 aromatic heterocycles. The van der Waals surface area contributed by atoms with Gasteiger partial charge in [0.2, 0.25) is 15.6 Å². The summed E-state index contributed by atoms with van der Waals surface area (Å²) in [4.78, 5) is 30.2. The van der Waals surface area contributed by atoms with Gasteiger partial charge in [0.05, 0.1) is 23.7 Å². The van der Waals surface area contributed by atoms with E-state index in [2.05, 4.69) is 4.98 Å². The highest BCUT2D eigenvalue weighted by atomic mass is 32.2. The molecule has 0 saturated carbocycles. The van der Waals surface area contributed by atoms with E-state index in [9.17, 15) is 18.0 Å². The lowest BCUT2D eigenvalue weighted by atomic mass is 9.96. The third-order valence-corrected chi connectivity index (χ3v) is 8.21. The maximum atomic E-state index is 13.5. The largest absolute Gasteiger partial charge is 0.350 e. The molecule has 2 fully saturated rings. The van der Waals surface area contributed by atoms with Crippen molar-refractivity contribution < 1.29 is 22.7 Å². The predicted molar refractivity (Wildman–Crippen MR) is 119 cm³/mol. The van der Waals surface area contributed by atoms with Crippen molar-refractivity contribution in [3.8, 4) is 0 Å². The first kappa shape index (κ1) is 22.9. The molecule has 32 heavy (non-hydrogen) atoms. The third kappa shape index (κ3) is 4.32. The van der Waals surface area contributed by atoms with E-state index in [1.807, 2.05) is 0 Å². The van der Waals surface area contributed by atoms with Crippen LogP contribution < -0.4 is 5.56 Å². The fraction of sp³-hybridized carbons (Fsp3) is 0.545. The van der Waals surface area contributed by atoms with Gasteiger partial charge >= 0.3 is 0 Å². The lowest BCUT2D eigenvalue weighted by molar-refractivity contribution is -0.0969. The van der Waals surface area contributed by atoms with Gasteiger partial charge < -0.3 is 19.4 Å². The van der Waals surface area contributed by atoms with Gasteiger partial charge in [-0.15, -0.1) is 0 Å². The molecule has 0 spiro atoms. The summed E-state index contributed by atoms with van der Waals surface area (Å²) in [7, 11) is -3.71. The Hall–Kier alpha value is -2.27. The van der Waals surface area contributed by atoms with Gasteiger partial charge in [-0.3, -0.25) is 9.59 Å². The number of amides is 1. The summed E-state index contributed by atoms with van der Waals surface area (Å²) in [6.07, 6.45) is 1.39. The van der Waals surface area contributed by atoms with Gasteiger partial charge in [0.25, 0.3) is 5.91 Å². The zero-order valence-corrected chi connectivity index (χ0v) is 19.2. The normalized spacial score (nSPS) is 20.3. The number of carbonyl (C=O) groups excluding carboxylic acids is 1. The number of pyridine rings is 1. The Morgan fingerprint density at radius 1 is 1.19 bits per heavy atom. The summed E-state index contributed by atoms with van der Waals surface area (Å²) in [5, 5.41) is 0.415. The van der Waals surface area contributed by atoms with Gasteiger partial charge in [0, 0.05) is 49.1 Å². The lowest BCUT2D eigenvalue weighted by Gasteiger charge is -2.35. The van der Waals surface area contributed by atoms with Crippen LogP contribution in [-0.2, 0) is 19.5 Å². The number of fused-ring (bicyclic) bond motifs is 1. The molecule has 0 radical (unpaired) electrons. The molecule has 1 atom stereocenters. The second-order valence-corrected chi connectivity index (χ2v) is 10.0. The molecule has 1 aromatic carbocycles. The molecule has 1 amide bonds. The maximum Gasteiger partial charge on any atom is 0.254 e. The Bertz CT molecular complexity index is 1150. The zero-order chi connectivity index (χ0) is 22.9. The van der Waals surface area contributed by atoms with Crippen LogP contribution in [0.5, 0.6) is 0 Å². The summed E-state index contributed by atoms with van der Waals surface area (Å²) in [5.74, 6) is -0.219. The van der Waals surface area contributed by atoms with Crippen LogP contribution in [0.1, 0.15) is 37.0 Å². The number of piperidine rings is 1. The Labute approximate surface area is 187 Å². The SMILES string of the molecule is CCN(CC)S(=O)(=O)c1ccc2[nH]c(=O)cc(C(=O)N3CCCC(C4OCCO4)C3)c2c1. The van der Waals surface area contributed by atoms with Crippen molar-refractivity contribution in [2.24, 2.45) is 5.92 Å². The van der Waals surface area contributed by atoms with Gasteiger partial charge in [-0.05, 0) is 31.0 Å². The molecule has 9 nitrogen and oxygen atoms in total. The van der Waals surface area contributed by atoms with Crippen LogP contribution in [0.25, 0.3) is 10.9 Å². The average molecular weight is 464 g/mol. The fourth-order valence-corrected chi connectivity index (χ4v) is 6.00. The number of nitrogens with one attached hydrogen (secondary N) is 1. The average Bonchev–Trinajstić information content (AvgIpc) is 3.33. The monoisotopic (exact) mass is 463 g/mol. The molecule has 2 aliphatic rings. The number of nitrogens with zero attached hydrogens (tertiary/aromatic N) is 2. The smallest absolute Gasteiger partial charge is 0.254 e. The van der Waals surface area contributed by atoms with Gasteiger partial charge in [-0.1, -0.05) is 13.8 Å². The number of likely N-dealkylation sites (tertiary alicyclic amines) is 1. The number of benzene rings is 1. The minimum Gasteiger partial charge on any atom is -0.350 e. The van der Waals surface area contributed by atoms with Gasteiger partial charge in [-0.2, -0.15) is 4.31 Å². The van der Waals surface area contributed by atoms with E-state index in [0.29, 0.717) is 50.3 Å². The van der Waals surface area contributed by atoms with E-state index in [-0.39, 0.29) is 28.6 Å². The first-order chi connectivity index (χ1) is 15.3. The lowest BCUT2D eigenvalue weighted by Crippen LogP contribution is -2.44. The molecule has 3 heterocycles. The number of aromatic amines is 1. The number of hydrogen-bond donors (Lipinski definition) is 1. The van der Waals surface area contributed by atoms with Crippen molar-refractivity contribution >= 4 is 26.8 Å². The summed E-state index contributed by atoms with van der Waals surface area (Å²) in [6.45, 7) is 6.37. The molecular weight excluding hydrogens is 434 g/mol. The van der Waals surface area contributed by atoms with Crippen LogP contribution in [0.2, 0.25) is 0 Å². The molecule has 0 bridgehead atoms. The number of sulfonamides is 1. The van der Waals surface area contributed by atoms with E-state index in [0.717, 1.165) is 12.8 Å². The third-order valence-electron chi connectivity index (χ3n) is 6.17. The Morgan fingerprint density at radius 2 is 1.91 bits per heavy atom. The molecule has 1 N–H and O–H groups in total. The number of carbonyl (C=O) groups is 1. The zero-order valence-electron chi connectivity index (χ0n) is 18.4. The minimum atomic E-state index is -3.71. The molecule has 2 saturated heterocycles. The van der Waals surface area contributed by atoms with Crippen molar-refractivity contribution in [2.75, 3.05) is 39.4 Å². The van der Waals surface area contributed by atoms with E-state index in [1.54, 1.807) is 24.8 Å². The molecule has 1 unspecified atom stereocenters. The topological polar surface area (TPSA) is 109 Å². The standard InChI is InChI=1S/C22H29N3O6S/c1-3-25(4-2)32(28,29)16-7-8-19-17(12-16)18(13-20(26)23-19)21(27)24-9-5-6-15(14-24)22-30-10-11-31-22/h7-8,12-13,15,22H,3-6,9-11,14H2,1-2H3,(H,23,26). The van der Waals surface area contributed by atoms with Crippen LogP contribution in [0, 0.1) is 5.92 Å². The second kappa shape index (κ2) is 9.30. The van der Waals surface area contributed by atoms with Crippen LogP contribution in [0.15, 0.2) is 34.0 Å². The van der Waals surface area contributed by atoms with Crippen molar-refractivity contribution in [2.45, 2.75) is 37.9 Å². The van der Waals surface area contributed by atoms with Crippen LogP contribution >= 0.6 is 0 Å². The Morgan fingerprint density at radius 3 is 2.59 bits per heavy atom. The van der Waals surface area contributed by atoms with Crippen molar-refractivity contribution in [3.05, 3.63) is 40.2 Å². The molecule has 174 valence electrons. The molecule has 2 aromatic rings. The first-order valence-corrected chi connectivity index (χ1v) is 12.5. The molecule has 0 aliphatic carbocycles. The summed E-state index contributed by atoms with van der Waals surface area (Å²) in [5.41, 5.74) is 0.223. The number of hydrogen-bond acceptors (Lipinski definition) is 6. The highest BCUT2D eigenvalue weighted by molar-refractivity contribution is 7.89. The van der Waals surface area contributed by atoms with Gasteiger partial charge in [0.15, 0.2) is 6.29 Å². The summed E-state index contributed by atoms with van der Waals surface area (Å²) in [6, 6.07) is 5.75. The summed E-state index contributed by atoms with van der Waals surface area (Å²) >= 11 is 0. The number of rotatable bonds is 6. The van der Waals surface area contributed by atoms with Gasteiger partial charge in [0.1, 0.15) is 0 Å². The molecule has 10 heteroatoms. The minimum absolute atomic E-state index is 0.0714. The van der Waals surface area contributed by atoms with Gasteiger partial charge in [-0.25, -0.2) is 8.42 Å². The van der Waals surface area contributed by atoms with Crippen LogP contribution in [-0.4, -0.2) is 74.2 Å². The second-order valence-electron chi connectivity index (χ2n) is 8.11. The number of ether oxygens (including phenoxy) is 2. The van der Waals surface area contributed by atoms with Crippen molar-refractivity contribution in [3.63, 3.8) is 0 Å². The maximum absolute atomic E-state index is 13.5. The molecular formula is C22H29N3O6S. The van der Waals surface area contributed by atoms with E-state index >= 15 is 0 Å². The quantitative estimate of drug-likeness (QED) is 0.700. The molecule has 4 rings (SSSR count). The van der Waals surface area contributed by atoms with E-state index in [4.69, 9.17) is 9.47 Å². The highest BCUT2D eigenvalue weighted by Crippen LogP contribution is 2.28. The summed E-state index contributed by atoms with van der Waals surface area (Å²) < 4.78 is 38.6.